The molecule has 1 heterocycles. The Balaban J connectivity index is 2.51. The topological polar surface area (TPSA) is 26.1 Å². The van der Waals surface area contributed by atoms with Crippen LogP contribution in [0.15, 0.2) is 24.3 Å². The molecular formula is C10H8F3NO. The van der Waals surface area contributed by atoms with Crippen molar-refractivity contribution in [3.63, 3.8) is 0 Å². The molecule has 15 heavy (non-hydrogen) atoms. The number of hydroxylamine groups is 1. The van der Waals surface area contributed by atoms with Crippen molar-refractivity contribution in [3.05, 3.63) is 40.6 Å². The van der Waals surface area contributed by atoms with E-state index < -0.39 is 18.6 Å². The third-order valence-corrected chi connectivity index (χ3v) is 2.41. The summed E-state index contributed by atoms with van der Waals surface area (Å²) in [6.45, 7) is -0.555. The monoisotopic (exact) mass is 215 g/mol. The zero-order valence-electron chi connectivity index (χ0n) is 7.66. The lowest BCUT2D eigenvalue weighted by Crippen LogP contribution is -2.32. The van der Waals surface area contributed by atoms with Crippen LogP contribution in [0.2, 0.25) is 0 Å². The van der Waals surface area contributed by atoms with E-state index in [0.29, 0.717) is 10.3 Å². The number of fused-ring (bicyclic) bond motifs is 1. The van der Waals surface area contributed by atoms with Crippen LogP contribution in [0.1, 0.15) is 17.0 Å². The first-order chi connectivity index (χ1) is 6.98. The Hall–Kier alpha value is -1.52. The average molecular weight is 215 g/mol. The Morgan fingerprint density at radius 2 is 1.93 bits per heavy atom. The maximum absolute atomic E-state index is 12.6. The summed E-state index contributed by atoms with van der Waals surface area (Å²) in [5.74, 6) is -1.68. The third kappa shape index (κ3) is 1.82. The molecule has 1 unspecified atom stereocenters. The molecule has 1 aromatic carbocycles. The van der Waals surface area contributed by atoms with Gasteiger partial charge in [0.2, 0.25) is 0 Å². The van der Waals surface area contributed by atoms with Crippen LogP contribution in [0.5, 0.6) is 0 Å². The Labute approximate surface area is 84.2 Å². The van der Waals surface area contributed by atoms with E-state index in [0.717, 1.165) is 0 Å². The van der Waals surface area contributed by atoms with E-state index in [-0.39, 0.29) is 5.56 Å². The summed E-state index contributed by atoms with van der Waals surface area (Å²) in [6, 6.07) is 6.09. The second-order valence-electron chi connectivity index (χ2n) is 3.45. The van der Waals surface area contributed by atoms with Crippen LogP contribution in [-0.4, -0.2) is 23.7 Å². The predicted molar refractivity (Wildman–Crippen MR) is 48.9 cm³/mol. The molecule has 0 bridgehead atoms. The lowest BCUT2D eigenvalue weighted by molar-refractivity contribution is -0.467. The first kappa shape index (κ1) is 10.0. The summed E-state index contributed by atoms with van der Waals surface area (Å²) in [4.78, 5) is 0. The first-order valence-electron chi connectivity index (χ1n) is 4.43. The second kappa shape index (κ2) is 3.25. The van der Waals surface area contributed by atoms with E-state index >= 15 is 0 Å². The van der Waals surface area contributed by atoms with E-state index in [1.165, 1.54) is 18.3 Å². The Morgan fingerprint density at radius 3 is 2.60 bits per heavy atom. The highest BCUT2D eigenvalue weighted by Crippen LogP contribution is 2.37. The lowest BCUT2D eigenvalue weighted by atomic mass is 9.92. The molecule has 80 valence electrons. The summed E-state index contributed by atoms with van der Waals surface area (Å²) in [5, 5.41) is 11.0. The molecule has 0 spiro atoms. The van der Waals surface area contributed by atoms with Gasteiger partial charge in [-0.05, 0) is 11.6 Å². The van der Waals surface area contributed by atoms with Crippen LogP contribution < -0.4 is 0 Å². The predicted octanol–water partition coefficient (Wildman–Crippen LogP) is 2.28. The van der Waals surface area contributed by atoms with Crippen LogP contribution >= 0.6 is 0 Å². The summed E-state index contributed by atoms with van der Waals surface area (Å²) >= 11 is 0. The minimum Gasteiger partial charge on any atom is -0.624 e. The van der Waals surface area contributed by atoms with Crippen LogP contribution in [0.3, 0.4) is 0 Å². The third-order valence-electron chi connectivity index (χ3n) is 2.41. The molecule has 0 aromatic heterocycles. The SMILES string of the molecule is [O-][N+]1=Cc2ccccc2C(C(F)(F)F)C1. The Bertz CT molecular complexity index is 411. The fourth-order valence-corrected chi connectivity index (χ4v) is 1.71. The summed E-state index contributed by atoms with van der Waals surface area (Å²) in [7, 11) is 0. The van der Waals surface area contributed by atoms with E-state index in [1.54, 1.807) is 12.1 Å². The Kier molecular flexibility index (Phi) is 2.17. The van der Waals surface area contributed by atoms with Crippen LogP contribution in [0, 0.1) is 5.21 Å². The fourth-order valence-electron chi connectivity index (χ4n) is 1.71. The maximum Gasteiger partial charge on any atom is 0.401 e. The molecule has 5 heteroatoms. The van der Waals surface area contributed by atoms with Crippen LogP contribution in [-0.2, 0) is 0 Å². The van der Waals surface area contributed by atoms with Crippen molar-refractivity contribution in [2.75, 3.05) is 6.54 Å². The molecule has 0 amide bonds. The molecule has 2 rings (SSSR count). The van der Waals surface area contributed by atoms with Gasteiger partial charge in [0.05, 0.1) is 0 Å². The summed E-state index contributed by atoms with van der Waals surface area (Å²) in [5.41, 5.74) is 0.526. The molecule has 0 N–H and O–H groups in total. The van der Waals surface area contributed by atoms with E-state index in [9.17, 15) is 18.4 Å². The molecule has 0 saturated carbocycles. The zero-order chi connectivity index (χ0) is 11.1. The van der Waals surface area contributed by atoms with Gasteiger partial charge in [-0.25, -0.2) is 4.74 Å². The molecule has 0 fully saturated rings. The van der Waals surface area contributed by atoms with E-state index in [2.05, 4.69) is 0 Å². The minimum atomic E-state index is -4.37. The molecule has 1 aliphatic heterocycles. The molecular weight excluding hydrogens is 207 g/mol. The number of rotatable bonds is 0. The molecule has 1 aliphatic rings. The smallest absolute Gasteiger partial charge is 0.401 e. The standard InChI is InChI=1S/C10H8F3NO/c11-10(12,13)9-6-14(15)5-7-3-1-2-4-8(7)9/h1-5,9H,6H2. The highest BCUT2D eigenvalue weighted by molar-refractivity contribution is 5.79. The molecule has 0 aliphatic carbocycles. The van der Waals surface area contributed by atoms with Crippen LogP contribution in [0.4, 0.5) is 13.2 Å². The van der Waals surface area contributed by atoms with Crippen molar-refractivity contribution in [1.82, 2.24) is 0 Å². The molecule has 2 nitrogen and oxygen atoms in total. The number of halogens is 3. The molecule has 1 aromatic rings. The van der Waals surface area contributed by atoms with Crippen molar-refractivity contribution in [1.29, 1.82) is 0 Å². The van der Waals surface area contributed by atoms with E-state index in [4.69, 9.17) is 0 Å². The molecule has 0 saturated heterocycles. The van der Waals surface area contributed by atoms with Crippen molar-refractivity contribution >= 4 is 6.21 Å². The van der Waals surface area contributed by atoms with Crippen molar-refractivity contribution in [2.24, 2.45) is 0 Å². The lowest BCUT2D eigenvalue weighted by Gasteiger charge is -2.24. The van der Waals surface area contributed by atoms with Gasteiger partial charge >= 0.3 is 6.18 Å². The van der Waals surface area contributed by atoms with Gasteiger partial charge in [-0.3, -0.25) is 0 Å². The molecule has 0 radical (unpaired) electrons. The van der Waals surface area contributed by atoms with Crippen molar-refractivity contribution < 1.29 is 17.9 Å². The number of alkyl halides is 3. The van der Waals surface area contributed by atoms with Gasteiger partial charge in [0, 0.05) is 5.56 Å². The van der Waals surface area contributed by atoms with Gasteiger partial charge in [-0.15, -0.1) is 0 Å². The number of hydrogen-bond donors (Lipinski definition) is 0. The maximum atomic E-state index is 12.6. The number of nitrogens with zero attached hydrogens (tertiary/aromatic N) is 1. The van der Waals surface area contributed by atoms with Gasteiger partial charge in [0.15, 0.2) is 12.8 Å². The normalized spacial score (nSPS) is 20.7. The average Bonchev–Trinajstić information content (AvgIpc) is 2.15. The van der Waals surface area contributed by atoms with Gasteiger partial charge < -0.3 is 5.21 Å². The quantitative estimate of drug-likeness (QED) is 0.481. The van der Waals surface area contributed by atoms with Gasteiger partial charge in [0.1, 0.15) is 5.92 Å². The molecule has 1 atom stereocenters. The van der Waals surface area contributed by atoms with Gasteiger partial charge in [-0.2, -0.15) is 13.2 Å². The van der Waals surface area contributed by atoms with Gasteiger partial charge in [0.25, 0.3) is 0 Å². The van der Waals surface area contributed by atoms with Crippen molar-refractivity contribution in [2.45, 2.75) is 12.1 Å². The largest absolute Gasteiger partial charge is 0.624 e. The zero-order valence-corrected chi connectivity index (χ0v) is 7.66. The number of benzene rings is 1. The van der Waals surface area contributed by atoms with E-state index in [1.807, 2.05) is 0 Å². The van der Waals surface area contributed by atoms with Gasteiger partial charge in [-0.1, -0.05) is 18.2 Å². The highest BCUT2D eigenvalue weighted by atomic mass is 19.4. The minimum absolute atomic E-state index is 0.178. The van der Waals surface area contributed by atoms with Crippen molar-refractivity contribution in [3.8, 4) is 0 Å². The highest BCUT2D eigenvalue weighted by Gasteiger charge is 2.45. The fraction of sp³-hybridized carbons (Fsp3) is 0.300. The summed E-state index contributed by atoms with van der Waals surface area (Å²) in [6.07, 6.45) is -3.18. The number of hydrogen-bond acceptors (Lipinski definition) is 1. The van der Waals surface area contributed by atoms with Crippen LogP contribution in [0.25, 0.3) is 0 Å². The Morgan fingerprint density at radius 1 is 1.27 bits per heavy atom. The summed E-state index contributed by atoms with van der Waals surface area (Å²) < 4.78 is 38.2. The first-order valence-corrected chi connectivity index (χ1v) is 4.43. The second-order valence-corrected chi connectivity index (χ2v) is 3.45.